The van der Waals surface area contributed by atoms with Crippen molar-refractivity contribution in [3.8, 4) is 0 Å². The summed E-state index contributed by atoms with van der Waals surface area (Å²) in [6.07, 6.45) is 6.31. The molecule has 0 bridgehead atoms. The molecule has 27 heavy (non-hydrogen) atoms. The van der Waals surface area contributed by atoms with Crippen LogP contribution in [-0.2, 0) is 4.79 Å². The lowest BCUT2D eigenvalue weighted by Crippen LogP contribution is -2.23. The van der Waals surface area contributed by atoms with Crippen LogP contribution in [0.5, 0.6) is 0 Å². The molecule has 7 heteroatoms. The monoisotopic (exact) mass is 404 g/mol. The average Bonchev–Trinajstić information content (AvgIpc) is 3.05. The highest BCUT2D eigenvalue weighted by Crippen LogP contribution is 2.31. The van der Waals surface area contributed by atoms with Crippen molar-refractivity contribution in [1.29, 1.82) is 0 Å². The van der Waals surface area contributed by atoms with Crippen LogP contribution < -0.4 is 10.6 Å². The summed E-state index contributed by atoms with van der Waals surface area (Å²) >= 11 is 3.00. The molecule has 1 amide bonds. The third-order valence-corrected chi connectivity index (χ3v) is 6.95. The lowest BCUT2D eigenvalue weighted by atomic mass is 9.96. The van der Waals surface area contributed by atoms with Gasteiger partial charge in [-0.25, -0.2) is 0 Å². The molecule has 2 aromatic rings. The van der Waals surface area contributed by atoms with E-state index in [0.29, 0.717) is 6.04 Å². The molecule has 3 rings (SSSR count). The van der Waals surface area contributed by atoms with Crippen molar-refractivity contribution >= 4 is 39.8 Å². The minimum Gasteiger partial charge on any atom is -0.357 e. The second-order valence-corrected chi connectivity index (χ2v) is 9.94. The molecule has 0 saturated heterocycles. The van der Waals surface area contributed by atoms with Gasteiger partial charge in [0.25, 0.3) is 0 Å². The summed E-state index contributed by atoms with van der Waals surface area (Å²) in [5, 5.41) is 15.7. The van der Waals surface area contributed by atoms with E-state index in [1.165, 1.54) is 60.8 Å². The molecule has 1 unspecified atom stereocenters. The molecular weight excluding hydrogens is 376 g/mol. The molecular formula is C20H28N4OS2. The lowest BCUT2D eigenvalue weighted by molar-refractivity contribution is -0.115. The molecule has 1 aromatic carbocycles. The quantitative estimate of drug-likeness (QED) is 0.637. The molecule has 1 atom stereocenters. The van der Waals surface area contributed by atoms with Gasteiger partial charge >= 0.3 is 0 Å². The summed E-state index contributed by atoms with van der Waals surface area (Å²) in [6, 6.07) is 4.70. The van der Waals surface area contributed by atoms with E-state index >= 15 is 0 Å². The van der Waals surface area contributed by atoms with Crippen molar-refractivity contribution < 1.29 is 4.79 Å². The maximum Gasteiger partial charge on any atom is 0.237 e. The summed E-state index contributed by atoms with van der Waals surface area (Å²) in [6.45, 7) is 8.04. The Morgan fingerprint density at radius 2 is 1.81 bits per heavy atom. The summed E-state index contributed by atoms with van der Waals surface area (Å²) in [4.78, 5) is 12.6. The smallest absolute Gasteiger partial charge is 0.237 e. The number of anilines is 2. The lowest BCUT2D eigenvalue weighted by Gasteiger charge is -2.21. The summed E-state index contributed by atoms with van der Waals surface area (Å²) in [5.41, 5.74) is 4.30. The van der Waals surface area contributed by atoms with Gasteiger partial charge in [0.1, 0.15) is 0 Å². The number of aromatic nitrogens is 2. The van der Waals surface area contributed by atoms with Crippen LogP contribution >= 0.6 is 23.1 Å². The van der Waals surface area contributed by atoms with Gasteiger partial charge in [0.2, 0.25) is 11.0 Å². The molecule has 1 aromatic heterocycles. The minimum atomic E-state index is -0.236. The second-order valence-electron chi connectivity index (χ2n) is 7.38. The number of nitrogens with one attached hydrogen (secondary N) is 2. The van der Waals surface area contributed by atoms with Crippen LogP contribution in [0.2, 0.25) is 0 Å². The van der Waals surface area contributed by atoms with Gasteiger partial charge < -0.3 is 10.6 Å². The Kier molecular flexibility index (Phi) is 6.76. The number of hydrogen-bond donors (Lipinski definition) is 2. The van der Waals surface area contributed by atoms with Crippen molar-refractivity contribution in [2.24, 2.45) is 0 Å². The third kappa shape index (κ3) is 5.45. The highest BCUT2D eigenvalue weighted by atomic mass is 32.2. The van der Waals surface area contributed by atoms with Crippen molar-refractivity contribution in [3.63, 3.8) is 0 Å². The fourth-order valence-electron chi connectivity index (χ4n) is 3.54. The molecule has 1 fully saturated rings. The van der Waals surface area contributed by atoms with Gasteiger partial charge in [-0.1, -0.05) is 60.1 Å². The first-order valence-corrected chi connectivity index (χ1v) is 11.3. The van der Waals surface area contributed by atoms with Gasteiger partial charge in [-0.2, -0.15) is 0 Å². The molecule has 1 saturated carbocycles. The third-order valence-electron chi connectivity index (χ3n) is 4.91. The number of hydrogen-bond acceptors (Lipinski definition) is 6. The van der Waals surface area contributed by atoms with Crippen LogP contribution in [0.25, 0.3) is 0 Å². The number of rotatable bonds is 6. The first-order chi connectivity index (χ1) is 12.9. The van der Waals surface area contributed by atoms with E-state index < -0.39 is 0 Å². The number of carbonyl (C=O) groups excluding carboxylic acids is 1. The molecule has 1 aliphatic rings. The Morgan fingerprint density at radius 3 is 2.48 bits per heavy atom. The van der Waals surface area contributed by atoms with Gasteiger partial charge in [-0.15, -0.1) is 10.2 Å². The summed E-state index contributed by atoms with van der Waals surface area (Å²) in [5.74, 6) is -0.00737. The highest BCUT2D eigenvalue weighted by molar-refractivity contribution is 8.02. The second kappa shape index (κ2) is 9.06. The number of nitrogens with zero attached hydrogens (tertiary/aromatic N) is 2. The number of amides is 1. The van der Waals surface area contributed by atoms with Crippen molar-refractivity contribution in [3.05, 3.63) is 28.8 Å². The minimum absolute atomic E-state index is 0.00737. The standard InChI is InChI=1S/C20H28N4OS2/c1-12-10-13(2)17(14(3)11-12)22-18(25)15(4)26-20-24-23-19(27-20)21-16-8-6-5-7-9-16/h10-11,15-16H,5-9H2,1-4H3,(H,21,23)(H,22,25). The Bertz CT molecular complexity index is 776. The van der Waals surface area contributed by atoms with Gasteiger partial charge in [0.15, 0.2) is 4.34 Å². The van der Waals surface area contributed by atoms with Crippen LogP contribution in [0, 0.1) is 20.8 Å². The number of aryl methyl sites for hydroxylation is 3. The normalized spacial score (nSPS) is 16.1. The van der Waals surface area contributed by atoms with Crippen molar-refractivity contribution in [1.82, 2.24) is 10.2 Å². The maximum absolute atomic E-state index is 12.6. The molecule has 0 aliphatic heterocycles. The molecule has 5 nitrogen and oxygen atoms in total. The fraction of sp³-hybridized carbons (Fsp3) is 0.550. The SMILES string of the molecule is Cc1cc(C)c(NC(=O)C(C)Sc2nnc(NC3CCCCC3)s2)c(C)c1. The summed E-state index contributed by atoms with van der Waals surface area (Å²) in [7, 11) is 0. The zero-order chi connectivity index (χ0) is 19.4. The van der Waals surface area contributed by atoms with E-state index in [2.05, 4.69) is 39.9 Å². The van der Waals surface area contributed by atoms with Crippen LogP contribution in [0.4, 0.5) is 10.8 Å². The molecule has 2 N–H and O–H groups in total. The summed E-state index contributed by atoms with van der Waals surface area (Å²) < 4.78 is 0.827. The Hall–Kier alpha value is -1.60. The average molecular weight is 405 g/mol. The van der Waals surface area contributed by atoms with Crippen molar-refractivity contribution in [2.75, 3.05) is 10.6 Å². The zero-order valence-corrected chi connectivity index (χ0v) is 18.1. The van der Waals surface area contributed by atoms with E-state index in [0.717, 1.165) is 26.3 Å². The first-order valence-electron chi connectivity index (χ1n) is 9.58. The van der Waals surface area contributed by atoms with E-state index in [-0.39, 0.29) is 11.2 Å². The zero-order valence-electron chi connectivity index (χ0n) is 16.5. The van der Waals surface area contributed by atoms with E-state index in [4.69, 9.17) is 0 Å². The van der Waals surface area contributed by atoms with E-state index in [1.807, 2.05) is 20.8 Å². The largest absolute Gasteiger partial charge is 0.357 e. The molecule has 146 valence electrons. The van der Waals surface area contributed by atoms with E-state index in [9.17, 15) is 4.79 Å². The number of carbonyl (C=O) groups is 1. The maximum atomic E-state index is 12.6. The number of thioether (sulfide) groups is 1. The highest BCUT2D eigenvalue weighted by Gasteiger charge is 2.20. The van der Waals surface area contributed by atoms with Crippen LogP contribution in [0.15, 0.2) is 16.5 Å². The Morgan fingerprint density at radius 1 is 1.15 bits per heavy atom. The Balaban J connectivity index is 1.57. The van der Waals surface area contributed by atoms with Crippen LogP contribution in [0.3, 0.4) is 0 Å². The molecule has 1 aliphatic carbocycles. The van der Waals surface area contributed by atoms with Gasteiger partial charge in [-0.05, 0) is 51.7 Å². The van der Waals surface area contributed by atoms with Gasteiger partial charge in [-0.3, -0.25) is 4.79 Å². The Labute approximate surface area is 169 Å². The van der Waals surface area contributed by atoms with Gasteiger partial charge in [0.05, 0.1) is 5.25 Å². The van der Waals surface area contributed by atoms with Crippen molar-refractivity contribution in [2.45, 2.75) is 75.4 Å². The van der Waals surface area contributed by atoms with Crippen LogP contribution in [0.1, 0.15) is 55.7 Å². The topological polar surface area (TPSA) is 66.9 Å². The predicted octanol–water partition coefficient (Wildman–Crippen LogP) is 5.33. The molecule has 0 radical (unpaired) electrons. The first kappa shape index (κ1) is 20.1. The number of benzene rings is 1. The van der Waals surface area contributed by atoms with Crippen LogP contribution in [-0.4, -0.2) is 27.4 Å². The molecule has 1 heterocycles. The van der Waals surface area contributed by atoms with E-state index in [1.54, 1.807) is 0 Å². The van der Waals surface area contributed by atoms with Gasteiger partial charge in [0, 0.05) is 11.7 Å². The predicted molar refractivity (Wildman–Crippen MR) is 115 cm³/mol. The molecule has 0 spiro atoms. The fourth-order valence-corrected chi connectivity index (χ4v) is 5.52.